The van der Waals surface area contributed by atoms with Crippen LogP contribution in [0.4, 0.5) is 5.82 Å². The van der Waals surface area contributed by atoms with Gasteiger partial charge in [-0.2, -0.15) is 10.4 Å². The monoisotopic (exact) mass is 231 g/mol. The van der Waals surface area contributed by atoms with E-state index in [-0.39, 0.29) is 0 Å². The number of aryl methyl sites for hydroxylation is 1. The molecule has 1 fully saturated rings. The molecule has 1 aromatic rings. The van der Waals surface area contributed by atoms with Gasteiger partial charge in [0.2, 0.25) is 0 Å². The van der Waals surface area contributed by atoms with Crippen LogP contribution in [0.5, 0.6) is 0 Å². The van der Waals surface area contributed by atoms with Crippen LogP contribution >= 0.6 is 0 Å². The van der Waals surface area contributed by atoms with Crippen LogP contribution < -0.4 is 10.6 Å². The Kier molecular flexibility index (Phi) is 3.55. The Hall–Kier alpha value is -1.67. The van der Waals surface area contributed by atoms with E-state index in [1.54, 1.807) is 0 Å². The number of rotatable bonds is 5. The average molecular weight is 231 g/mol. The van der Waals surface area contributed by atoms with Crippen molar-refractivity contribution in [3.8, 4) is 6.07 Å². The van der Waals surface area contributed by atoms with Crippen molar-refractivity contribution >= 4 is 5.82 Å². The molecule has 0 saturated heterocycles. The summed E-state index contributed by atoms with van der Waals surface area (Å²) in [6.45, 7) is 5.42. The molecule has 5 heteroatoms. The lowest BCUT2D eigenvalue weighted by atomic mass is 10.1. The van der Waals surface area contributed by atoms with Gasteiger partial charge < -0.3 is 10.6 Å². The van der Waals surface area contributed by atoms with Gasteiger partial charge in [0.15, 0.2) is 5.82 Å². The van der Waals surface area contributed by atoms with Crippen LogP contribution in [0.15, 0.2) is 0 Å². The van der Waals surface area contributed by atoms with Crippen molar-refractivity contribution in [1.29, 1.82) is 5.26 Å². The molecule has 0 radical (unpaired) electrons. The van der Waals surface area contributed by atoms with Gasteiger partial charge in [0, 0.05) is 19.1 Å². The zero-order valence-electron chi connectivity index (χ0n) is 10.2. The van der Waals surface area contributed by atoms with E-state index in [1.807, 2.05) is 13.8 Å². The Bertz CT molecular complexity index is 445. The Labute approximate surface area is 101 Å². The highest BCUT2D eigenvalue weighted by Crippen LogP contribution is 2.18. The number of hydrogen-bond donors (Lipinski definition) is 2. The summed E-state index contributed by atoms with van der Waals surface area (Å²) in [6.07, 6.45) is 2.57. The minimum atomic E-state index is 0.591. The standard InChI is InChI=1S/C12H17N5/c1-8-9(2)16-17-12(11(8)7-13)15-6-5-14-10-3-4-10/h10,14H,3-6H2,1-2H3,(H,15,17). The number of anilines is 1. The summed E-state index contributed by atoms with van der Waals surface area (Å²) in [7, 11) is 0. The van der Waals surface area contributed by atoms with Crippen LogP contribution in [-0.2, 0) is 0 Å². The molecule has 0 amide bonds. The van der Waals surface area contributed by atoms with E-state index >= 15 is 0 Å². The van der Waals surface area contributed by atoms with Crippen LogP contribution in [0.1, 0.15) is 29.7 Å². The molecule has 0 spiro atoms. The third-order valence-electron chi connectivity index (χ3n) is 2.99. The van der Waals surface area contributed by atoms with Crippen LogP contribution in [0, 0.1) is 25.2 Å². The van der Waals surface area contributed by atoms with Crippen molar-refractivity contribution in [2.24, 2.45) is 0 Å². The maximum absolute atomic E-state index is 9.11. The number of aromatic nitrogens is 2. The summed E-state index contributed by atoms with van der Waals surface area (Å²) < 4.78 is 0. The van der Waals surface area contributed by atoms with Gasteiger partial charge in [0.25, 0.3) is 0 Å². The van der Waals surface area contributed by atoms with Gasteiger partial charge in [-0.05, 0) is 32.3 Å². The second kappa shape index (κ2) is 5.11. The number of nitrogens with one attached hydrogen (secondary N) is 2. The molecule has 0 bridgehead atoms. The number of nitriles is 1. The molecule has 1 heterocycles. The molecule has 5 nitrogen and oxygen atoms in total. The van der Waals surface area contributed by atoms with E-state index in [0.29, 0.717) is 17.4 Å². The smallest absolute Gasteiger partial charge is 0.166 e. The lowest BCUT2D eigenvalue weighted by molar-refractivity contribution is 0.699. The van der Waals surface area contributed by atoms with Gasteiger partial charge in [-0.3, -0.25) is 0 Å². The molecule has 2 rings (SSSR count). The van der Waals surface area contributed by atoms with Gasteiger partial charge >= 0.3 is 0 Å². The first-order valence-corrected chi connectivity index (χ1v) is 5.93. The molecule has 2 N–H and O–H groups in total. The predicted octanol–water partition coefficient (Wildman–Crippen LogP) is 1.13. The zero-order valence-corrected chi connectivity index (χ0v) is 10.2. The second-order valence-electron chi connectivity index (χ2n) is 4.40. The summed E-state index contributed by atoms with van der Waals surface area (Å²) in [5.74, 6) is 0.591. The van der Waals surface area contributed by atoms with E-state index in [1.165, 1.54) is 12.8 Å². The molecular weight excluding hydrogens is 214 g/mol. The summed E-state index contributed by atoms with van der Waals surface area (Å²) >= 11 is 0. The zero-order chi connectivity index (χ0) is 12.3. The quantitative estimate of drug-likeness (QED) is 0.743. The Morgan fingerprint density at radius 3 is 2.71 bits per heavy atom. The van der Waals surface area contributed by atoms with Gasteiger partial charge in [0.1, 0.15) is 11.6 Å². The fraction of sp³-hybridized carbons (Fsp3) is 0.583. The molecule has 90 valence electrons. The molecule has 1 aliphatic carbocycles. The van der Waals surface area contributed by atoms with Gasteiger partial charge in [-0.1, -0.05) is 0 Å². The maximum Gasteiger partial charge on any atom is 0.166 e. The molecule has 0 aliphatic heterocycles. The highest BCUT2D eigenvalue weighted by molar-refractivity contribution is 5.55. The fourth-order valence-corrected chi connectivity index (χ4v) is 1.61. The largest absolute Gasteiger partial charge is 0.366 e. The summed E-state index contributed by atoms with van der Waals surface area (Å²) in [6, 6.07) is 2.89. The lowest BCUT2D eigenvalue weighted by Crippen LogP contribution is -2.24. The third-order valence-corrected chi connectivity index (χ3v) is 2.99. The fourth-order valence-electron chi connectivity index (χ4n) is 1.61. The Balaban J connectivity index is 1.94. The molecule has 0 unspecified atom stereocenters. The first-order valence-electron chi connectivity index (χ1n) is 5.93. The first-order chi connectivity index (χ1) is 8.22. The topological polar surface area (TPSA) is 73.6 Å². The predicted molar refractivity (Wildman–Crippen MR) is 65.7 cm³/mol. The number of nitrogens with zero attached hydrogens (tertiary/aromatic N) is 3. The molecular formula is C12H17N5. The Morgan fingerprint density at radius 2 is 2.06 bits per heavy atom. The molecule has 1 aromatic heterocycles. The van der Waals surface area contributed by atoms with Crippen LogP contribution in [0.25, 0.3) is 0 Å². The van der Waals surface area contributed by atoms with Crippen LogP contribution in [0.3, 0.4) is 0 Å². The van der Waals surface area contributed by atoms with Crippen LogP contribution in [-0.4, -0.2) is 29.3 Å². The minimum Gasteiger partial charge on any atom is -0.366 e. The second-order valence-corrected chi connectivity index (χ2v) is 4.40. The van der Waals surface area contributed by atoms with E-state index in [9.17, 15) is 0 Å². The minimum absolute atomic E-state index is 0.591. The van der Waals surface area contributed by atoms with E-state index < -0.39 is 0 Å². The normalized spacial score (nSPS) is 14.4. The van der Waals surface area contributed by atoms with Crippen LogP contribution in [0.2, 0.25) is 0 Å². The Morgan fingerprint density at radius 1 is 1.29 bits per heavy atom. The van der Waals surface area contributed by atoms with Crippen molar-refractivity contribution in [2.45, 2.75) is 32.7 Å². The molecule has 0 atom stereocenters. The van der Waals surface area contributed by atoms with Crippen molar-refractivity contribution in [3.63, 3.8) is 0 Å². The van der Waals surface area contributed by atoms with Crippen molar-refractivity contribution < 1.29 is 0 Å². The van der Waals surface area contributed by atoms with Gasteiger partial charge in [-0.15, -0.1) is 5.10 Å². The summed E-state index contributed by atoms with van der Waals surface area (Å²) in [5.41, 5.74) is 2.31. The van der Waals surface area contributed by atoms with Crippen molar-refractivity contribution in [3.05, 3.63) is 16.8 Å². The number of hydrogen-bond acceptors (Lipinski definition) is 5. The van der Waals surface area contributed by atoms with Crippen molar-refractivity contribution in [2.75, 3.05) is 18.4 Å². The van der Waals surface area contributed by atoms with E-state index in [4.69, 9.17) is 5.26 Å². The lowest BCUT2D eigenvalue weighted by Gasteiger charge is -2.09. The van der Waals surface area contributed by atoms with Crippen molar-refractivity contribution in [1.82, 2.24) is 15.5 Å². The summed E-state index contributed by atoms with van der Waals surface area (Å²) in [5, 5.41) is 23.7. The molecule has 1 saturated carbocycles. The third kappa shape index (κ3) is 2.92. The molecule has 17 heavy (non-hydrogen) atoms. The average Bonchev–Trinajstić information content (AvgIpc) is 3.13. The first kappa shape index (κ1) is 11.8. The molecule has 0 aromatic carbocycles. The molecule has 1 aliphatic rings. The highest BCUT2D eigenvalue weighted by atomic mass is 15.2. The SMILES string of the molecule is Cc1nnc(NCCNC2CC2)c(C#N)c1C. The highest BCUT2D eigenvalue weighted by Gasteiger charge is 2.19. The maximum atomic E-state index is 9.11. The van der Waals surface area contributed by atoms with E-state index in [2.05, 4.69) is 26.9 Å². The van der Waals surface area contributed by atoms with Gasteiger partial charge in [0.05, 0.1) is 5.69 Å². The summed E-state index contributed by atoms with van der Waals surface area (Å²) in [4.78, 5) is 0. The van der Waals surface area contributed by atoms with E-state index in [0.717, 1.165) is 24.3 Å². The van der Waals surface area contributed by atoms with Gasteiger partial charge in [-0.25, -0.2) is 0 Å².